The van der Waals surface area contributed by atoms with Crippen molar-refractivity contribution in [2.75, 3.05) is 0 Å². The maximum absolute atomic E-state index is 10.9. The second-order valence-corrected chi connectivity index (χ2v) is 3.26. The Kier molecular flexibility index (Phi) is 2.93. The minimum absolute atomic E-state index is 0.568. The number of hydrogen-bond donors (Lipinski definition) is 0. The summed E-state index contributed by atoms with van der Waals surface area (Å²) in [7, 11) is 0. The number of hydrogen-bond acceptors (Lipinski definition) is 2. The van der Waals surface area contributed by atoms with E-state index < -0.39 is 5.97 Å². The van der Waals surface area contributed by atoms with Crippen LogP contribution >= 0.6 is 0 Å². The van der Waals surface area contributed by atoms with Gasteiger partial charge in [0.2, 0.25) is 0 Å². The third-order valence-corrected chi connectivity index (χ3v) is 1.92. The largest absolute Gasteiger partial charge is 0.416 e. The van der Waals surface area contributed by atoms with Crippen LogP contribution in [0.5, 0.6) is 5.75 Å². The average molecular weight is 188 g/mol. The second kappa shape index (κ2) is 3.97. The summed E-state index contributed by atoms with van der Waals surface area (Å²) in [6, 6.07) is 3.90. The number of terminal acetylenes is 1. The maximum atomic E-state index is 10.9. The zero-order valence-corrected chi connectivity index (χ0v) is 8.55. The molecule has 2 heteroatoms. The predicted octanol–water partition coefficient (Wildman–Crippen LogP) is 2.15. The molecule has 0 atom stereocenters. The molecule has 1 aromatic rings. The van der Waals surface area contributed by atoms with Gasteiger partial charge in [-0.1, -0.05) is 17.7 Å². The number of benzene rings is 1. The van der Waals surface area contributed by atoms with Gasteiger partial charge in [0.05, 0.1) is 0 Å². The number of carbonyl (C=O) groups excluding carboxylic acids is 1. The molecule has 0 N–H and O–H groups in total. The van der Waals surface area contributed by atoms with Gasteiger partial charge in [0.1, 0.15) is 5.75 Å². The Morgan fingerprint density at radius 1 is 1.29 bits per heavy atom. The molecule has 0 heterocycles. The van der Waals surface area contributed by atoms with E-state index in [2.05, 4.69) is 0 Å². The van der Waals surface area contributed by atoms with Crippen LogP contribution in [0.4, 0.5) is 0 Å². The van der Waals surface area contributed by atoms with Crippen LogP contribution in [0, 0.1) is 33.1 Å². The molecule has 0 fully saturated rings. The van der Waals surface area contributed by atoms with Crippen molar-refractivity contribution >= 4 is 5.97 Å². The molecule has 0 aromatic heterocycles. The molecule has 1 aromatic carbocycles. The van der Waals surface area contributed by atoms with Crippen LogP contribution < -0.4 is 4.74 Å². The molecule has 2 nitrogen and oxygen atoms in total. The fraction of sp³-hybridized carbons (Fsp3) is 0.250. The van der Waals surface area contributed by atoms with Gasteiger partial charge in [-0.25, -0.2) is 4.79 Å². The van der Waals surface area contributed by atoms with Gasteiger partial charge in [-0.3, -0.25) is 0 Å². The van der Waals surface area contributed by atoms with Crippen molar-refractivity contribution in [1.29, 1.82) is 0 Å². The SMILES string of the molecule is C#CC(=O)Oc1c(C)cc(C)cc1C. The first-order chi connectivity index (χ1) is 6.54. The zero-order chi connectivity index (χ0) is 10.7. The van der Waals surface area contributed by atoms with Crippen molar-refractivity contribution in [3.63, 3.8) is 0 Å². The predicted molar refractivity (Wildman–Crippen MR) is 55.1 cm³/mol. The van der Waals surface area contributed by atoms with Crippen LogP contribution in [0.25, 0.3) is 0 Å². The summed E-state index contributed by atoms with van der Waals surface area (Å²) >= 11 is 0. The summed E-state index contributed by atoms with van der Waals surface area (Å²) in [6.07, 6.45) is 4.93. The normalized spacial score (nSPS) is 9.29. The van der Waals surface area contributed by atoms with Gasteiger partial charge in [0, 0.05) is 5.92 Å². The molecule has 0 radical (unpaired) electrons. The Morgan fingerprint density at radius 3 is 2.21 bits per heavy atom. The fourth-order valence-corrected chi connectivity index (χ4v) is 1.45. The van der Waals surface area contributed by atoms with Crippen LogP contribution in [0.2, 0.25) is 0 Å². The van der Waals surface area contributed by atoms with Gasteiger partial charge in [-0.05, 0) is 31.9 Å². The smallest absolute Gasteiger partial charge is 0.389 e. The molecule has 0 saturated carbocycles. The van der Waals surface area contributed by atoms with Gasteiger partial charge >= 0.3 is 5.97 Å². The van der Waals surface area contributed by atoms with Crippen LogP contribution in [-0.4, -0.2) is 5.97 Å². The van der Waals surface area contributed by atoms with E-state index in [4.69, 9.17) is 11.2 Å². The molecule has 0 spiro atoms. The Balaban J connectivity index is 3.10. The monoisotopic (exact) mass is 188 g/mol. The highest BCUT2D eigenvalue weighted by Crippen LogP contribution is 2.24. The van der Waals surface area contributed by atoms with Crippen LogP contribution in [0.1, 0.15) is 16.7 Å². The van der Waals surface area contributed by atoms with Crippen LogP contribution in [0.3, 0.4) is 0 Å². The summed E-state index contributed by atoms with van der Waals surface area (Å²) in [5.74, 6) is 1.84. The Morgan fingerprint density at radius 2 is 1.79 bits per heavy atom. The highest BCUT2D eigenvalue weighted by Gasteiger charge is 2.08. The summed E-state index contributed by atoms with van der Waals surface area (Å²) < 4.78 is 5.01. The van der Waals surface area contributed by atoms with Crippen molar-refractivity contribution in [1.82, 2.24) is 0 Å². The highest BCUT2D eigenvalue weighted by atomic mass is 16.5. The topological polar surface area (TPSA) is 26.3 Å². The number of carbonyl (C=O) groups is 1. The van der Waals surface area contributed by atoms with Crippen LogP contribution in [-0.2, 0) is 4.79 Å². The van der Waals surface area contributed by atoms with E-state index in [0.29, 0.717) is 5.75 Å². The lowest BCUT2D eigenvalue weighted by molar-refractivity contribution is -0.128. The first kappa shape index (κ1) is 10.3. The van der Waals surface area contributed by atoms with E-state index in [0.717, 1.165) is 16.7 Å². The average Bonchev–Trinajstić information content (AvgIpc) is 2.10. The molecule has 0 saturated heterocycles. The molecule has 0 aliphatic rings. The Hall–Kier alpha value is -1.75. The molecule has 14 heavy (non-hydrogen) atoms. The lowest BCUT2D eigenvalue weighted by Gasteiger charge is -2.09. The number of rotatable bonds is 1. The maximum Gasteiger partial charge on any atom is 0.389 e. The van der Waals surface area contributed by atoms with Gasteiger partial charge < -0.3 is 4.74 Å². The molecule has 72 valence electrons. The summed E-state index contributed by atoms with van der Waals surface area (Å²) in [5, 5.41) is 0. The van der Waals surface area contributed by atoms with Crippen molar-refractivity contribution in [3.8, 4) is 18.1 Å². The lowest BCUT2D eigenvalue weighted by atomic mass is 10.1. The third kappa shape index (κ3) is 2.14. The third-order valence-electron chi connectivity index (χ3n) is 1.92. The molecule has 0 bridgehead atoms. The van der Waals surface area contributed by atoms with E-state index >= 15 is 0 Å². The van der Waals surface area contributed by atoms with E-state index in [1.165, 1.54) is 0 Å². The minimum Gasteiger partial charge on any atom is -0.416 e. The van der Waals surface area contributed by atoms with Gasteiger partial charge in [-0.2, -0.15) is 0 Å². The summed E-state index contributed by atoms with van der Waals surface area (Å²) in [4.78, 5) is 10.9. The molecule has 0 unspecified atom stereocenters. The van der Waals surface area contributed by atoms with Crippen molar-refractivity contribution in [3.05, 3.63) is 28.8 Å². The van der Waals surface area contributed by atoms with E-state index in [9.17, 15) is 4.79 Å². The van der Waals surface area contributed by atoms with E-state index in [-0.39, 0.29) is 0 Å². The molecule has 0 aliphatic heterocycles. The quantitative estimate of drug-likeness (QED) is 0.292. The molecule has 0 aliphatic carbocycles. The Labute approximate surface area is 83.9 Å². The lowest BCUT2D eigenvalue weighted by Crippen LogP contribution is -2.06. The number of ether oxygens (including phenoxy) is 1. The van der Waals surface area contributed by atoms with E-state index in [1.54, 1.807) is 0 Å². The number of aryl methyl sites for hydroxylation is 3. The zero-order valence-electron chi connectivity index (χ0n) is 8.55. The standard InChI is InChI=1S/C12H12O2/c1-5-11(13)14-12-9(3)6-8(2)7-10(12)4/h1,6-7H,2-4H3. The van der Waals surface area contributed by atoms with Gasteiger partial charge in [0.15, 0.2) is 0 Å². The van der Waals surface area contributed by atoms with Crippen molar-refractivity contribution in [2.45, 2.75) is 20.8 Å². The Bertz CT molecular complexity index is 388. The van der Waals surface area contributed by atoms with Crippen molar-refractivity contribution in [2.24, 2.45) is 0 Å². The van der Waals surface area contributed by atoms with Gasteiger partial charge in [-0.15, -0.1) is 6.42 Å². The first-order valence-corrected chi connectivity index (χ1v) is 4.31. The summed E-state index contributed by atoms with van der Waals surface area (Å²) in [6.45, 7) is 5.77. The second-order valence-electron chi connectivity index (χ2n) is 3.26. The van der Waals surface area contributed by atoms with Crippen LogP contribution in [0.15, 0.2) is 12.1 Å². The van der Waals surface area contributed by atoms with Gasteiger partial charge in [0.25, 0.3) is 0 Å². The number of esters is 1. The molecule has 0 amide bonds. The van der Waals surface area contributed by atoms with Crippen molar-refractivity contribution < 1.29 is 9.53 Å². The van der Waals surface area contributed by atoms with E-state index in [1.807, 2.05) is 38.8 Å². The first-order valence-electron chi connectivity index (χ1n) is 4.31. The highest BCUT2D eigenvalue weighted by molar-refractivity contribution is 5.89. The molecule has 1 rings (SSSR count). The fourth-order valence-electron chi connectivity index (χ4n) is 1.45. The summed E-state index contributed by atoms with van der Waals surface area (Å²) in [5.41, 5.74) is 2.98. The minimum atomic E-state index is -0.653. The molecular weight excluding hydrogens is 176 g/mol. The molecular formula is C12H12O2.